The Labute approximate surface area is 90.5 Å². The van der Waals surface area contributed by atoms with E-state index in [1.807, 2.05) is 11.3 Å². The van der Waals surface area contributed by atoms with Crippen LogP contribution in [0.3, 0.4) is 0 Å². The lowest BCUT2D eigenvalue weighted by atomic mass is 10.0. The molecule has 0 spiro atoms. The Morgan fingerprint density at radius 3 is 3.00 bits per heavy atom. The number of thiophene rings is 1. The van der Waals surface area contributed by atoms with E-state index in [9.17, 15) is 0 Å². The third kappa shape index (κ3) is 3.10. The zero-order valence-corrected chi connectivity index (χ0v) is 9.65. The normalized spacial score (nSPS) is 18.4. The van der Waals surface area contributed by atoms with Gasteiger partial charge in [-0.2, -0.15) is 0 Å². The number of rotatable bonds is 6. The molecule has 1 nitrogen and oxygen atoms in total. The minimum absolute atomic E-state index is 0.740. The largest absolute Gasteiger partial charge is 0.317 e. The van der Waals surface area contributed by atoms with Gasteiger partial charge in [0.15, 0.2) is 0 Å². The molecule has 78 valence electrons. The Morgan fingerprint density at radius 1 is 1.57 bits per heavy atom. The van der Waals surface area contributed by atoms with Gasteiger partial charge in [-0.05, 0) is 43.7 Å². The Bertz CT molecular complexity index is 251. The van der Waals surface area contributed by atoms with Crippen LogP contribution in [0.5, 0.6) is 0 Å². The summed E-state index contributed by atoms with van der Waals surface area (Å²) in [5.41, 5.74) is 0. The lowest BCUT2D eigenvalue weighted by Gasteiger charge is -2.14. The summed E-state index contributed by atoms with van der Waals surface area (Å²) in [5, 5.41) is 5.61. The predicted octanol–water partition coefficient (Wildman–Crippen LogP) is 3.07. The minimum atomic E-state index is 0.740. The van der Waals surface area contributed by atoms with E-state index >= 15 is 0 Å². The summed E-state index contributed by atoms with van der Waals surface area (Å²) in [7, 11) is 2.10. The molecule has 0 radical (unpaired) electrons. The summed E-state index contributed by atoms with van der Waals surface area (Å²) in [6, 6.07) is 5.13. The molecule has 1 unspecified atom stereocenters. The summed E-state index contributed by atoms with van der Waals surface area (Å²) >= 11 is 1.88. The molecule has 1 aliphatic carbocycles. The molecular weight excluding hydrogens is 190 g/mol. The molecule has 0 aromatic carbocycles. The molecule has 0 aliphatic heterocycles. The lowest BCUT2D eigenvalue weighted by Crippen LogP contribution is -2.26. The fourth-order valence-electron chi connectivity index (χ4n) is 1.91. The molecular formula is C12H19NS. The predicted molar refractivity (Wildman–Crippen MR) is 62.8 cm³/mol. The van der Waals surface area contributed by atoms with E-state index < -0.39 is 0 Å². The van der Waals surface area contributed by atoms with Gasteiger partial charge in [-0.3, -0.25) is 0 Å². The number of nitrogens with one attached hydrogen (secondary N) is 1. The Morgan fingerprint density at radius 2 is 2.43 bits per heavy atom. The van der Waals surface area contributed by atoms with E-state index in [1.165, 1.54) is 37.0 Å². The molecule has 0 saturated heterocycles. The Hall–Kier alpha value is -0.340. The number of hydrogen-bond donors (Lipinski definition) is 1. The molecule has 1 atom stereocenters. The highest BCUT2D eigenvalue weighted by Crippen LogP contribution is 2.34. The van der Waals surface area contributed by atoms with Gasteiger partial charge in [-0.15, -0.1) is 11.3 Å². The first-order valence-corrected chi connectivity index (χ1v) is 6.46. The van der Waals surface area contributed by atoms with Crippen molar-refractivity contribution in [1.29, 1.82) is 0 Å². The van der Waals surface area contributed by atoms with Gasteiger partial charge in [-0.25, -0.2) is 0 Å². The van der Waals surface area contributed by atoms with E-state index in [2.05, 4.69) is 29.9 Å². The van der Waals surface area contributed by atoms with E-state index in [0.717, 1.165) is 12.0 Å². The maximum Gasteiger partial charge on any atom is 0.00701 e. The van der Waals surface area contributed by atoms with Gasteiger partial charge in [-0.1, -0.05) is 18.9 Å². The Balaban J connectivity index is 1.71. The number of aryl methyl sites for hydroxylation is 1. The highest BCUT2D eigenvalue weighted by molar-refractivity contribution is 7.09. The van der Waals surface area contributed by atoms with Crippen LogP contribution in [0.2, 0.25) is 0 Å². The van der Waals surface area contributed by atoms with Crippen molar-refractivity contribution in [3.63, 3.8) is 0 Å². The van der Waals surface area contributed by atoms with Crippen molar-refractivity contribution < 1.29 is 0 Å². The topological polar surface area (TPSA) is 12.0 Å². The monoisotopic (exact) mass is 209 g/mol. The summed E-state index contributed by atoms with van der Waals surface area (Å²) in [6.45, 7) is 0. The van der Waals surface area contributed by atoms with Gasteiger partial charge >= 0.3 is 0 Å². The molecule has 2 heteroatoms. The Kier molecular flexibility index (Phi) is 3.60. The fraction of sp³-hybridized carbons (Fsp3) is 0.667. The summed E-state index contributed by atoms with van der Waals surface area (Å²) in [5.74, 6) is 1.04. The smallest absolute Gasteiger partial charge is 0.00701 e. The van der Waals surface area contributed by atoms with Crippen LogP contribution in [-0.4, -0.2) is 13.1 Å². The summed E-state index contributed by atoms with van der Waals surface area (Å²) in [6.07, 6.45) is 6.87. The molecule has 1 aromatic heterocycles. The zero-order valence-electron chi connectivity index (χ0n) is 8.83. The van der Waals surface area contributed by atoms with Crippen molar-refractivity contribution in [2.75, 3.05) is 7.05 Å². The van der Waals surface area contributed by atoms with Crippen molar-refractivity contribution in [1.82, 2.24) is 5.32 Å². The van der Waals surface area contributed by atoms with Crippen molar-refractivity contribution in [2.24, 2.45) is 5.92 Å². The van der Waals surface area contributed by atoms with Crippen LogP contribution in [0.1, 0.15) is 30.6 Å². The third-order valence-electron chi connectivity index (χ3n) is 3.04. The molecule has 0 amide bonds. The first-order chi connectivity index (χ1) is 6.88. The van der Waals surface area contributed by atoms with E-state index in [1.54, 1.807) is 0 Å². The minimum Gasteiger partial charge on any atom is -0.317 e. The van der Waals surface area contributed by atoms with Crippen molar-refractivity contribution in [3.8, 4) is 0 Å². The molecule has 1 N–H and O–H groups in total. The maximum absolute atomic E-state index is 3.44. The van der Waals surface area contributed by atoms with Crippen LogP contribution in [0.15, 0.2) is 17.5 Å². The van der Waals surface area contributed by atoms with Gasteiger partial charge in [0.2, 0.25) is 0 Å². The fourth-order valence-corrected chi connectivity index (χ4v) is 2.63. The molecule has 1 saturated carbocycles. The second-order valence-electron chi connectivity index (χ2n) is 4.28. The second-order valence-corrected chi connectivity index (χ2v) is 5.31. The molecule has 2 rings (SSSR count). The zero-order chi connectivity index (χ0) is 9.80. The van der Waals surface area contributed by atoms with Crippen LogP contribution in [0.25, 0.3) is 0 Å². The highest BCUT2D eigenvalue weighted by Gasteiger charge is 2.24. The van der Waals surface area contributed by atoms with E-state index in [4.69, 9.17) is 0 Å². The van der Waals surface area contributed by atoms with Crippen molar-refractivity contribution >= 4 is 11.3 Å². The van der Waals surface area contributed by atoms with Crippen LogP contribution < -0.4 is 5.32 Å². The molecule has 14 heavy (non-hydrogen) atoms. The average Bonchev–Trinajstić information content (AvgIpc) is 2.86. The second kappa shape index (κ2) is 4.94. The van der Waals surface area contributed by atoms with Gasteiger partial charge < -0.3 is 5.32 Å². The van der Waals surface area contributed by atoms with Gasteiger partial charge in [0.05, 0.1) is 0 Å². The first-order valence-electron chi connectivity index (χ1n) is 5.58. The molecule has 1 aromatic rings. The summed E-state index contributed by atoms with van der Waals surface area (Å²) in [4.78, 5) is 1.53. The number of hydrogen-bond acceptors (Lipinski definition) is 2. The summed E-state index contributed by atoms with van der Waals surface area (Å²) < 4.78 is 0. The highest BCUT2D eigenvalue weighted by atomic mass is 32.1. The van der Waals surface area contributed by atoms with Gasteiger partial charge in [0, 0.05) is 10.9 Å². The van der Waals surface area contributed by atoms with Crippen LogP contribution in [-0.2, 0) is 6.42 Å². The van der Waals surface area contributed by atoms with Crippen molar-refractivity contribution in [2.45, 2.75) is 38.1 Å². The molecule has 1 heterocycles. The standard InChI is InChI=1S/C12H19NS/c1-13-11(9-10-4-5-10)6-7-12-3-2-8-14-12/h2-3,8,10-11,13H,4-7,9H2,1H3. The van der Waals surface area contributed by atoms with Crippen LogP contribution in [0.4, 0.5) is 0 Å². The third-order valence-corrected chi connectivity index (χ3v) is 3.98. The maximum atomic E-state index is 3.44. The van der Waals surface area contributed by atoms with Gasteiger partial charge in [0.1, 0.15) is 0 Å². The quantitative estimate of drug-likeness (QED) is 0.759. The average molecular weight is 209 g/mol. The SMILES string of the molecule is CNC(CCc1cccs1)CC1CC1. The van der Waals surface area contributed by atoms with Crippen LogP contribution >= 0.6 is 11.3 Å². The van der Waals surface area contributed by atoms with Crippen LogP contribution in [0, 0.1) is 5.92 Å². The van der Waals surface area contributed by atoms with Gasteiger partial charge in [0.25, 0.3) is 0 Å². The van der Waals surface area contributed by atoms with Crippen molar-refractivity contribution in [3.05, 3.63) is 22.4 Å². The molecule has 0 bridgehead atoms. The lowest BCUT2D eigenvalue weighted by molar-refractivity contribution is 0.465. The van der Waals surface area contributed by atoms with E-state index in [-0.39, 0.29) is 0 Å². The van der Waals surface area contributed by atoms with E-state index in [0.29, 0.717) is 0 Å². The molecule has 1 fully saturated rings. The first kappa shape index (κ1) is 10.2. The molecule has 1 aliphatic rings.